The van der Waals surface area contributed by atoms with Gasteiger partial charge in [-0.3, -0.25) is 0 Å². The highest BCUT2D eigenvalue weighted by atomic mass is 15.2. The third kappa shape index (κ3) is 2.77. The lowest BCUT2D eigenvalue weighted by Crippen LogP contribution is -2.54. The molecule has 2 rings (SSSR count). The maximum Gasteiger partial charge on any atom is 0.0484 e. The van der Waals surface area contributed by atoms with Gasteiger partial charge in [-0.1, -0.05) is 43.5 Å². The van der Waals surface area contributed by atoms with Crippen LogP contribution in [0, 0.1) is 19.8 Å². The Balaban J connectivity index is 2.38. The first kappa shape index (κ1) is 15.5. The van der Waals surface area contributed by atoms with Crippen LogP contribution in [-0.2, 0) is 0 Å². The van der Waals surface area contributed by atoms with Gasteiger partial charge < -0.3 is 10.6 Å². The molecule has 0 saturated heterocycles. The largest absolute Gasteiger partial charge is 0.322 e. The third-order valence-corrected chi connectivity index (χ3v) is 5.24. The molecule has 3 unspecified atom stereocenters. The summed E-state index contributed by atoms with van der Waals surface area (Å²) >= 11 is 0. The molecule has 0 aliphatic heterocycles. The highest BCUT2D eigenvalue weighted by Gasteiger charge is 2.42. The Hall–Kier alpha value is -0.860. The van der Waals surface area contributed by atoms with Crippen molar-refractivity contribution in [2.45, 2.75) is 58.0 Å². The molecule has 1 fully saturated rings. The fraction of sp³-hybridized carbons (Fsp3) is 0.667. The van der Waals surface area contributed by atoms with E-state index in [1.165, 1.54) is 42.4 Å². The number of hydrogen-bond donors (Lipinski definition) is 1. The molecule has 1 saturated carbocycles. The first-order chi connectivity index (χ1) is 9.36. The number of benzene rings is 1. The number of nitrogens with zero attached hydrogens (tertiary/aromatic N) is 1. The van der Waals surface area contributed by atoms with Crippen molar-refractivity contribution in [3.63, 3.8) is 0 Å². The van der Waals surface area contributed by atoms with Gasteiger partial charge in [-0.2, -0.15) is 0 Å². The zero-order valence-electron chi connectivity index (χ0n) is 13.7. The van der Waals surface area contributed by atoms with Gasteiger partial charge in [0, 0.05) is 11.6 Å². The molecular weight excluding hydrogens is 244 g/mol. The van der Waals surface area contributed by atoms with Crippen LogP contribution in [0.25, 0.3) is 0 Å². The van der Waals surface area contributed by atoms with Crippen LogP contribution in [-0.4, -0.2) is 24.5 Å². The zero-order valence-corrected chi connectivity index (χ0v) is 13.7. The van der Waals surface area contributed by atoms with E-state index in [2.05, 4.69) is 58.0 Å². The molecular formula is C18H30N2. The van der Waals surface area contributed by atoms with E-state index >= 15 is 0 Å². The summed E-state index contributed by atoms with van der Waals surface area (Å²) in [6, 6.07) is 6.78. The number of rotatable bonds is 3. The predicted octanol–water partition coefficient (Wildman–Crippen LogP) is 3.81. The van der Waals surface area contributed by atoms with Crippen molar-refractivity contribution in [3.05, 3.63) is 34.9 Å². The summed E-state index contributed by atoms with van der Waals surface area (Å²) < 4.78 is 0. The lowest BCUT2D eigenvalue weighted by molar-refractivity contribution is 0.0497. The zero-order chi connectivity index (χ0) is 14.9. The summed E-state index contributed by atoms with van der Waals surface area (Å²) in [5.74, 6) is 0.767. The minimum Gasteiger partial charge on any atom is -0.322 e. The molecule has 0 amide bonds. The van der Waals surface area contributed by atoms with Crippen molar-refractivity contribution in [2.75, 3.05) is 14.1 Å². The van der Waals surface area contributed by atoms with E-state index in [1.807, 2.05) is 0 Å². The average Bonchev–Trinajstić information content (AvgIpc) is 2.37. The summed E-state index contributed by atoms with van der Waals surface area (Å²) in [5.41, 5.74) is 10.8. The molecule has 112 valence electrons. The standard InChI is InChI=1S/C18H30N2/c1-13-8-9-16(15(3)11-13)17(19)18(20(4)5)10-6-7-14(2)12-18/h8-9,11,14,17H,6-7,10,12,19H2,1-5H3. The maximum atomic E-state index is 6.78. The minimum absolute atomic E-state index is 0.0980. The molecule has 0 heterocycles. The molecule has 0 radical (unpaired) electrons. The van der Waals surface area contributed by atoms with E-state index in [9.17, 15) is 0 Å². The molecule has 0 bridgehead atoms. The molecule has 3 atom stereocenters. The van der Waals surface area contributed by atoms with Crippen LogP contribution in [0.5, 0.6) is 0 Å². The van der Waals surface area contributed by atoms with Gasteiger partial charge in [-0.25, -0.2) is 0 Å². The molecule has 0 spiro atoms. The van der Waals surface area contributed by atoms with Crippen molar-refractivity contribution in [3.8, 4) is 0 Å². The topological polar surface area (TPSA) is 29.3 Å². The van der Waals surface area contributed by atoms with Crippen LogP contribution in [0.2, 0.25) is 0 Å². The SMILES string of the molecule is Cc1ccc(C(N)C2(N(C)C)CCCC(C)C2)c(C)c1. The molecule has 2 nitrogen and oxygen atoms in total. The van der Waals surface area contributed by atoms with Crippen LogP contribution in [0.4, 0.5) is 0 Å². The number of nitrogens with two attached hydrogens (primary N) is 1. The third-order valence-electron chi connectivity index (χ3n) is 5.24. The fourth-order valence-corrected chi connectivity index (χ4v) is 4.00. The van der Waals surface area contributed by atoms with Crippen LogP contribution >= 0.6 is 0 Å². The molecule has 0 aromatic heterocycles. The molecule has 2 heteroatoms. The van der Waals surface area contributed by atoms with Gasteiger partial charge in [0.15, 0.2) is 0 Å². The van der Waals surface area contributed by atoms with Crippen LogP contribution < -0.4 is 5.73 Å². The molecule has 1 aromatic carbocycles. The Morgan fingerprint density at radius 3 is 2.55 bits per heavy atom. The van der Waals surface area contributed by atoms with Crippen molar-refractivity contribution in [1.82, 2.24) is 4.90 Å². The lowest BCUT2D eigenvalue weighted by atomic mass is 9.69. The number of aryl methyl sites for hydroxylation is 2. The summed E-state index contributed by atoms with van der Waals surface area (Å²) in [6.07, 6.45) is 5.04. The van der Waals surface area contributed by atoms with Crippen molar-refractivity contribution in [2.24, 2.45) is 11.7 Å². The Bertz CT molecular complexity index is 466. The second-order valence-corrected chi connectivity index (χ2v) is 7.04. The van der Waals surface area contributed by atoms with E-state index < -0.39 is 0 Å². The smallest absolute Gasteiger partial charge is 0.0484 e. The number of likely N-dealkylation sites (N-methyl/N-ethyl adjacent to an activating group) is 1. The Kier molecular flexibility index (Phi) is 4.55. The van der Waals surface area contributed by atoms with Crippen molar-refractivity contribution in [1.29, 1.82) is 0 Å². The highest BCUT2D eigenvalue weighted by molar-refractivity contribution is 5.35. The maximum absolute atomic E-state index is 6.78. The van der Waals surface area contributed by atoms with Gasteiger partial charge in [-0.15, -0.1) is 0 Å². The molecule has 2 N–H and O–H groups in total. The van der Waals surface area contributed by atoms with E-state index in [0.29, 0.717) is 0 Å². The summed E-state index contributed by atoms with van der Waals surface area (Å²) in [7, 11) is 4.39. The van der Waals surface area contributed by atoms with Gasteiger partial charge >= 0.3 is 0 Å². The van der Waals surface area contributed by atoms with E-state index in [1.54, 1.807) is 0 Å². The van der Waals surface area contributed by atoms with Gasteiger partial charge in [0.25, 0.3) is 0 Å². The first-order valence-electron chi connectivity index (χ1n) is 7.87. The second-order valence-electron chi connectivity index (χ2n) is 7.04. The lowest BCUT2D eigenvalue weighted by Gasteiger charge is -2.49. The summed E-state index contributed by atoms with van der Waals surface area (Å²) in [6.45, 7) is 6.70. The number of hydrogen-bond acceptors (Lipinski definition) is 2. The van der Waals surface area contributed by atoms with Crippen LogP contribution in [0.15, 0.2) is 18.2 Å². The van der Waals surface area contributed by atoms with Crippen molar-refractivity contribution < 1.29 is 0 Å². The normalized spacial score (nSPS) is 28.6. The molecule has 1 aromatic rings. The molecule has 1 aliphatic carbocycles. The van der Waals surface area contributed by atoms with Gasteiger partial charge in [0.1, 0.15) is 0 Å². The Morgan fingerprint density at radius 1 is 1.30 bits per heavy atom. The Labute approximate surface area is 124 Å². The van der Waals surface area contributed by atoms with E-state index in [4.69, 9.17) is 5.73 Å². The van der Waals surface area contributed by atoms with Crippen LogP contribution in [0.3, 0.4) is 0 Å². The molecule has 1 aliphatic rings. The monoisotopic (exact) mass is 274 g/mol. The van der Waals surface area contributed by atoms with Gasteiger partial charge in [0.05, 0.1) is 0 Å². The quantitative estimate of drug-likeness (QED) is 0.908. The van der Waals surface area contributed by atoms with E-state index in [0.717, 1.165) is 5.92 Å². The highest BCUT2D eigenvalue weighted by Crippen LogP contribution is 2.43. The minimum atomic E-state index is 0.0980. The van der Waals surface area contributed by atoms with E-state index in [-0.39, 0.29) is 11.6 Å². The van der Waals surface area contributed by atoms with Crippen molar-refractivity contribution >= 4 is 0 Å². The fourth-order valence-electron chi connectivity index (χ4n) is 4.00. The van der Waals surface area contributed by atoms with Crippen LogP contribution in [0.1, 0.15) is 55.3 Å². The van der Waals surface area contributed by atoms with Gasteiger partial charge in [-0.05, 0) is 57.8 Å². The first-order valence-corrected chi connectivity index (χ1v) is 7.87. The second kappa shape index (κ2) is 5.87. The molecule has 20 heavy (non-hydrogen) atoms. The predicted molar refractivity (Wildman–Crippen MR) is 86.9 cm³/mol. The average molecular weight is 274 g/mol. The Morgan fingerprint density at radius 2 is 2.00 bits per heavy atom. The summed E-state index contributed by atoms with van der Waals surface area (Å²) in [5, 5.41) is 0. The van der Waals surface area contributed by atoms with Gasteiger partial charge in [0.2, 0.25) is 0 Å². The summed E-state index contributed by atoms with van der Waals surface area (Å²) in [4.78, 5) is 2.38.